The Morgan fingerprint density at radius 2 is 1.67 bits per heavy atom. The smallest absolute Gasteiger partial charge is 0.378 e. The number of anilines is 2. The Hall–Kier alpha value is -3.03. The van der Waals surface area contributed by atoms with E-state index in [1.165, 1.54) is 6.07 Å². The molecule has 0 unspecified atom stereocenters. The van der Waals surface area contributed by atoms with E-state index < -0.39 is 23.6 Å². The number of nitrogens with one attached hydrogen (secondary N) is 2. The summed E-state index contributed by atoms with van der Waals surface area (Å²) in [5.41, 5.74) is 1.04. The number of hydrogen-bond donors (Lipinski definition) is 2. The Morgan fingerprint density at radius 3 is 2.26 bits per heavy atom. The summed E-state index contributed by atoms with van der Waals surface area (Å²) >= 11 is 0. The summed E-state index contributed by atoms with van der Waals surface area (Å²) in [6.45, 7) is 0.232. The van der Waals surface area contributed by atoms with Crippen LogP contribution in [0.25, 0.3) is 0 Å². The normalized spacial score (nSPS) is 11.0. The van der Waals surface area contributed by atoms with Gasteiger partial charge >= 0.3 is 18.0 Å². The second-order valence-corrected chi connectivity index (χ2v) is 6.10. The van der Waals surface area contributed by atoms with E-state index in [1.807, 2.05) is 43.3 Å². The van der Waals surface area contributed by atoms with Gasteiger partial charge in [-0.1, -0.05) is 18.2 Å². The van der Waals surface area contributed by atoms with E-state index in [4.69, 9.17) is 0 Å². The maximum absolute atomic E-state index is 12.7. The lowest BCUT2D eigenvalue weighted by Crippen LogP contribution is -2.36. The minimum absolute atomic E-state index is 0.0933. The number of rotatable bonds is 5. The highest BCUT2D eigenvalue weighted by Crippen LogP contribution is 2.30. The van der Waals surface area contributed by atoms with Crippen molar-refractivity contribution in [2.75, 3.05) is 30.9 Å². The molecular weight excluding hydrogens is 359 g/mol. The molecule has 8 heteroatoms. The van der Waals surface area contributed by atoms with E-state index in [9.17, 15) is 22.8 Å². The third-order valence-electron chi connectivity index (χ3n) is 3.81. The van der Waals surface area contributed by atoms with Crippen molar-refractivity contribution in [3.63, 3.8) is 0 Å². The quantitative estimate of drug-likeness (QED) is 0.785. The number of hydrogen-bond acceptors (Lipinski definition) is 3. The van der Waals surface area contributed by atoms with Crippen molar-refractivity contribution < 1.29 is 22.8 Å². The van der Waals surface area contributed by atoms with Gasteiger partial charge in [0.2, 0.25) is 0 Å². The lowest BCUT2D eigenvalue weighted by molar-refractivity contribution is -0.137. The Bertz CT molecular complexity index is 803. The van der Waals surface area contributed by atoms with Gasteiger partial charge in [-0.3, -0.25) is 9.59 Å². The van der Waals surface area contributed by atoms with Crippen LogP contribution in [0.1, 0.15) is 11.1 Å². The summed E-state index contributed by atoms with van der Waals surface area (Å²) < 4.78 is 38.0. The lowest BCUT2D eigenvalue weighted by Gasteiger charge is -2.13. The molecule has 2 aromatic rings. The SMILES string of the molecule is CN(C)c1ccc(CCNC(=O)C(=O)Nc2cccc(C(F)(F)F)c2)cc1. The number of nitrogens with zero attached hydrogens (tertiary/aromatic N) is 1. The average Bonchev–Trinajstić information content (AvgIpc) is 2.61. The molecule has 0 spiro atoms. The topological polar surface area (TPSA) is 61.4 Å². The Balaban J connectivity index is 1.84. The Labute approximate surface area is 155 Å². The summed E-state index contributed by atoms with van der Waals surface area (Å²) in [6, 6.07) is 11.8. The van der Waals surface area contributed by atoms with E-state index in [2.05, 4.69) is 10.6 Å². The van der Waals surface area contributed by atoms with Gasteiger partial charge in [-0.15, -0.1) is 0 Å². The highest BCUT2D eigenvalue weighted by atomic mass is 19.4. The van der Waals surface area contributed by atoms with Crippen molar-refractivity contribution >= 4 is 23.2 Å². The minimum atomic E-state index is -4.52. The molecule has 2 N–H and O–H groups in total. The van der Waals surface area contributed by atoms with Gasteiger partial charge in [0.25, 0.3) is 0 Å². The third kappa shape index (κ3) is 6.02. The van der Waals surface area contributed by atoms with Crippen LogP contribution in [0.5, 0.6) is 0 Å². The van der Waals surface area contributed by atoms with Crippen LogP contribution in [-0.2, 0) is 22.2 Å². The molecule has 27 heavy (non-hydrogen) atoms. The summed E-state index contributed by atoms with van der Waals surface area (Å²) in [5.74, 6) is -1.92. The van der Waals surface area contributed by atoms with Gasteiger partial charge in [0.1, 0.15) is 0 Å². The number of amides is 2. The van der Waals surface area contributed by atoms with Gasteiger partial charge in [0, 0.05) is 32.0 Å². The summed E-state index contributed by atoms with van der Waals surface area (Å²) in [4.78, 5) is 25.6. The molecule has 0 saturated heterocycles. The maximum Gasteiger partial charge on any atom is 0.416 e. The number of carbonyl (C=O) groups is 2. The van der Waals surface area contributed by atoms with Crippen molar-refractivity contribution in [3.05, 3.63) is 59.7 Å². The second kappa shape index (κ2) is 8.57. The fourth-order valence-electron chi connectivity index (χ4n) is 2.32. The number of halogens is 3. The predicted molar refractivity (Wildman–Crippen MR) is 97.6 cm³/mol. The largest absolute Gasteiger partial charge is 0.416 e. The van der Waals surface area contributed by atoms with Gasteiger partial charge in [0.05, 0.1) is 5.56 Å². The molecule has 0 aliphatic heterocycles. The van der Waals surface area contributed by atoms with Crippen LogP contribution in [-0.4, -0.2) is 32.5 Å². The third-order valence-corrected chi connectivity index (χ3v) is 3.81. The molecule has 0 aliphatic rings. The Morgan fingerprint density at radius 1 is 1.00 bits per heavy atom. The molecule has 2 amide bonds. The van der Waals surface area contributed by atoms with Crippen LogP contribution in [0.3, 0.4) is 0 Å². The van der Waals surface area contributed by atoms with Crippen LogP contribution in [0.2, 0.25) is 0 Å². The maximum atomic E-state index is 12.7. The summed E-state index contributed by atoms with van der Waals surface area (Å²) in [6.07, 6.45) is -4.00. The highest BCUT2D eigenvalue weighted by molar-refractivity contribution is 6.39. The van der Waals surface area contributed by atoms with Gasteiger partial charge in [-0.2, -0.15) is 13.2 Å². The van der Waals surface area contributed by atoms with Crippen molar-refractivity contribution in [2.45, 2.75) is 12.6 Å². The van der Waals surface area contributed by atoms with Crippen LogP contribution < -0.4 is 15.5 Å². The molecule has 0 bridgehead atoms. The standard InChI is InChI=1S/C19H20F3N3O2/c1-25(2)16-8-6-13(7-9-16)10-11-23-17(26)18(27)24-15-5-3-4-14(12-15)19(20,21)22/h3-9,12H,10-11H2,1-2H3,(H,23,26)(H,24,27). The molecule has 5 nitrogen and oxygen atoms in total. The first-order valence-electron chi connectivity index (χ1n) is 8.19. The zero-order valence-electron chi connectivity index (χ0n) is 14.9. The predicted octanol–water partition coefficient (Wildman–Crippen LogP) is 3.07. The molecule has 0 radical (unpaired) electrons. The van der Waals surface area contributed by atoms with E-state index in [-0.39, 0.29) is 12.2 Å². The van der Waals surface area contributed by atoms with Crippen LogP contribution in [0.4, 0.5) is 24.5 Å². The van der Waals surface area contributed by atoms with Crippen molar-refractivity contribution in [2.24, 2.45) is 0 Å². The van der Waals surface area contributed by atoms with Gasteiger partial charge in [-0.25, -0.2) is 0 Å². The zero-order chi connectivity index (χ0) is 20.0. The summed E-state index contributed by atoms with van der Waals surface area (Å²) in [5, 5.41) is 4.62. The molecule has 2 rings (SSSR count). The fraction of sp³-hybridized carbons (Fsp3) is 0.263. The van der Waals surface area contributed by atoms with Gasteiger partial charge in [0.15, 0.2) is 0 Å². The van der Waals surface area contributed by atoms with E-state index in [0.717, 1.165) is 29.4 Å². The molecular formula is C19H20F3N3O2. The molecule has 0 fully saturated rings. The van der Waals surface area contributed by atoms with Gasteiger partial charge < -0.3 is 15.5 Å². The molecule has 0 aromatic heterocycles. The first-order chi connectivity index (χ1) is 12.7. The van der Waals surface area contributed by atoms with E-state index in [1.54, 1.807) is 0 Å². The summed E-state index contributed by atoms with van der Waals surface area (Å²) in [7, 11) is 3.86. The fourth-order valence-corrected chi connectivity index (χ4v) is 2.32. The van der Waals surface area contributed by atoms with E-state index in [0.29, 0.717) is 6.42 Å². The minimum Gasteiger partial charge on any atom is -0.378 e. The first-order valence-corrected chi connectivity index (χ1v) is 8.19. The van der Waals surface area contributed by atoms with Crippen LogP contribution in [0.15, 0.2) is 48.5 Å². The molecule has 0 heterocycles. The molecule has 144 valence electrons. The van der Waals surface area contributed by atoms with Crippen molar-refractivity contribution in [1.29, 1.82) is 0 Å². The molecule has 2 aromatic carbocycles. The first kappa shape index (κ1) is 20.3. The van der Waals surface area contributed by atoms with E-state index >= 15 is 0 Å². The van der Waals surface area contributed by atoms with Crippen molar-refractivity contribution in [1.82, 2.24) is 5.32 Å². The molecule has 0 aliphatic carbocycles. The van der Waals surface area contributed by atoms with Crippen LogP contribution >= 0.6 is 0 Å². The average molecular weight is 379 g/mol. The lowest BCUT2D eigenvalue weighted by atomic mass is 10.1. The zero-order valence-corrected chi connectivity index (χ0v) is 14.9. The molecule has 0 saturated carbocycles. The van der Waals surface area contributed by atoms with Gasteiger partial charge in [-0.05, 0) is 42.3 Å². The van der Waals surface area contributed by atoms with Crippen molar-refractivity contribution in [3.8, 4) is 0 Å². The number of alkyl halides is 3. The monoisotopic (exact) mass is 379 g/mol. The molecule has 0 atom stereocenters. The van der Waals surface area contributed by atoms with Crippen LogP contribution in [0, 0.1) is 0 Å². The Kier molecular flexibility index (Phi) is 6.44. The highest BCUT2D eigenvalue weighted by Gasteiger charge is 2.30. The second-order valence-electron chi connectivity index (χ2n) is 6.10. The number of benzene rings is 2. The number of carbonyl (C=O) groups excluding carboxylic acids is 2.